The second-order valence-corrected chi connectivity index (χ2v) is 9.49. The van der Waals surface area contributed by atoms with Gasteiger partial charge in [0, 0.05) is 26.2 Å². The van der Waals surface area contributed by atoms with Crippen LogP contribution in [0.4, 0.5) is 4.39 Å². The van der Waals surface area contributed by atoms with Gasteiger partial charge in [0.25, 0.3) is 0 Å². The number of guanidine groups is 1. The Bertz CT molecular complexity index is 797. The van der Waals surface area contributed by atoms with E-state index in [4.69, 9.17) is 4.74 Å². The van der Waals surface area contributed by atoms with Crippen LogP contribution in [0.3, 0.4) is 0 Å². The van der Waals surface area contributed by atoms with Crippen molar-refractivity contribution in [1.82, 2.24) is 14.9 Å². The largest absolute Gasteiger partial charge is 0.373 e. The maximum Gasteiger partial charge on any atom is 0.216 e. The zero-order chi connectivity index (χ0) is 21.4. The van der Waals surface area contributed by atoms with Gasteiger partial charge in [-0.1, -0.05) is 6.07 Å². The SMILES string of the molecule is CCNC(=NCCS(=O)(=O)N1CC(C)OC(C)C1)NCCc1ccc(F)cc1C.I. The average Bonchev–Trinajstić information content (AvgIpc) is 2.62. The molecule has 172 valence electrons. The highest BCUT2D eigenvalue weighted by Crippen LogP contribution is 2.15. The van der Waals surface area contributed by atoms with E-state index in [1.807, 2.05) is 27.7 Å². The van der Waals surface area contributed by atoms with Crippen molar-refractivity contribution in [3.8, 4) is 0 Å². The number of rotatable bonds is 8. The molecule has 0 aromatic heterocycles. The summed E-state index contributed by atoms with van der Waals surface area (Å²) < 4.78 is 45.5. The van der Waals surface area contributed by atoms with Crippen molar-refractivity contribution in [3.63, 3.8) is 0 Å². The first-order chi connectivity index (χ1) is 13.7. The van der Waals surface area contributed by atoms with Crippen molar-refractivity contribution < 1.29 is 17.5 Å². The van der Waals surface area contributed by atoms with Gasteiger partial charge in [-0.25, -0.2) is 12.8 Å². The Hall–Kier alpha value is -0.980. The molecule has 1 aliphatic rings. The summed E-state index contributed by atoms with van der Waals surface area (Å²) in [5.41, 5.74) is 1.97. The quantitative estimate of drug-likeness (QED) is 0.292. The lowest BCUT2D eigenvalue weighted by atomic mass is 10.1. The van der Waals surface area contributed by atoms with Crippen LogP contribution in [0.1, 0.15) is 31.9 Å². The molecule has 30 heavy (non-hydrogen) atoms. The summed E-state index contributed by atoms with van der Waals surface area (Å²) >= 11 is 0. The summed E-state index contributed by atoms with van der Waals surface area (Å²) in [6, 6.07) is 4.76. The highest BCUT2D eigenvalue weighted by molar-refractivity contribution is 14.0. The Morgan fingerprint density at radius 1 is 1.27 bits per heavy atom. The molecular formula is C20H34FIN4O3S. The highest BCUT2D eigenvalue weighted by atomic mass is 127. The fraction of sp³-hybridized carbons (Fsp3) is 0.650. The van der Waals surface area contributed by atoms with Gasteiger partial charge in [0.2, 0.25) is 10.0 Å². The van der Waals surface area contributed by atoms with Crippen LogP contribution in [-0.4, -0.2) is 69.4 Å². The van der Waals surface area contributed by atoms with E-state index < -0.39 is 10.0 Å². The summed E-state index contributed by atoms with van der Waals surface area (Å²) in [5.74, 6) is 0.297. The molecular weight excluding hydrogens is 522 g/mol. The van der Waals surface area contributed by atoms with E-state index >= 15 is 0 Å². The van der Waals surface area contributed by atoms with Crippen LogP contribution in [0, 0.1) is 12.7 Å². The molecule has 2 unspecified atom stereocenters. The number of ether oxygens (including phenoxy) is 1. The number of aliphatic imine (C=N–C) groups is 1. The van der Waals surface area contributed by atoms with Crippen LogP contribution in [0.5, 0.6) is 0 Å². The molecule has 1 aliphatic heterocycles. The van der Waals surface area contributed by atoms with Gasteiger partial charge in [0.05, 0.1) is 24.5 Å². The van der Waals surface area contributed by atoms with Crippen LogP contribution in [0.15, 0.2) is 23.2 Å². The van der Waals surface area contributed by atoms with Crippen molar-refractivity contribution >= 4 is 40.0 Å². The molecule has 0 amide bonds. The predicted octanol–water partition coefficient (Wildman–Crippen LogP) is 2.29. The first-order valence-electron chi connectivity index (χ1n) is 10.1. The number of nitrogens with one attached hydrogen (secondary N) is 2. The molecule has 2 N–H and O–H groups in total. The molecule has 1 aromatic carbocycles. The lowest BCUT2D eigenvalue weighted by Crippen LogP contribution is -2.49. The standard InChI is InChI=1S/C20H33FN4O3S.HI/c1-5-22-20(23-9-8-18-6-7-19(21)12-15(18)2)24-10-11-29(26,27)25-13-16(3)28-17(4)14-25;/h6-7,12,16-17H,5,8-11,13-14H2,1-4H3,(H2,22,23,24);1H. The number of aryl methyl sites for hydroxylation is 1. The molecule has 2 atom stereocenters. The Balaban J connectivity index is 0.00000450. The van der Waals surface area contributed by atoms with Crippen LogP contribution in [0.2, 0.25) is 0 Å². The number of hydrogen-bond donors (Lipinski definition) is 2. The third-order valence-corrected chi connectivity index (χ3v) is 6.52. The number of sulfonamides is 1. The molecule has 1 heterocycles. The van der Waals surface area contributed by atoms with E-state index in [1.165, 1.54) is 16.4 Å². The monoisotopic (exact) mass is 556 g/mol. The van der Waals surface area contributed by atoms with E-state index in [1.54, 1.807) is 6.07 Å². The zero-order valence-electron chi connectivity index (χ0n) is 18.2. The number of benzene rings is 1. The van der Waals surface area contributed by atoms with Gasteiger partial charge in [0.1, 0.15) is 5.82 Å². The van der Waals surface area contributed by atoms with Crippen molar-refractivity contribution in [2.24, 2.45) is 4.99 Å². The molecule has 10 heteroatoms. The molecule has 0 radical (unpaired) electrons. The van der Waals surface area contributed by atoms with E-state index in [-0.39, 0.29) is 54.3 Å². The van der Waals surface area contributed by atoms with Crippen molar-refractivity contribution in [2.75, 3.05) is 38.5 Å². The molecule has 0 bridgehead atoms. The lowest BCUT2D eigenvalue weighted by molar-refractivity contribution is -0.0440. The molecule has 1 saturated heterocycles. The summed E-state index contributed by atoms with van der Waals surface area (Å²) in [4.78, 5) is 4.40. The average molecular weight is 556 g/mol. The van der Waals surface area contributed by atoms with Crippen LogP contribution >= 0.6 is 24.0 Å². The van der Waals surface area contributed by atoms with Gasteiger partial charge in [-0.05, 0) is 57.4 Å². The highest BCUT2D eigenvalue weighted by Gasteiger charge is 2.30. The Morgan fingerprint density at radius 3 is 2.53 bits per heavy atom. The van der Waals surface area contributed by atoms with E-state index in [0.717, 1.165) is 17.5 Å². The second kappa shape index (κ2) is 12.8. The molecule has 0 saturated carbocycles. The van der Waals surface area contributed by atoms with Gasteiger partial charge < -0.3 is 15.4 Å². The van der Waals surface area contributed by atoms with Crippen LogP contribution in [-0.2, 0) is 21.2 Å². The second-order valence-electron chi connectivity index (χ2n) is 7.40. The Morgan fingerprint density at radius 2 is 1.93 bits per heavy atom. The minimum absolute atomic E-state index is 0. The maximum atomic E-state index is 13.2. The fourth-order valence-electron chi connectivity index (χ4n) is 3.36. The molecule has 7 nitrogen and oxygen atoms in total. The maximum absolute atomic E-state index is 13.2. The minimum Gasteiger partial charge on any atom is -0.373 e. The van der Waals surface area contributed by atoms with Crippen LogP contribution in [0.25, 0.3) is 0 Å². The molecule has 0 spiro atoms. The first-order valence-corrected chi connectivity index (χ1v) is 11.7. The van der Waals surface area contributed by atoms with Gasteiger partial charge in [0.15, 0.2) is 5.96 Å². The zero-order valence-corrected chi connectivity index (χ0v) is 21.3. The first kappa shape index (κ1) is 27.1. The smallest absolute Gasteiger partial charge is 0.216 e. The Kier molecular flexibility index (Phi) is 11.5. The summed E-state index contributed by atoms with van der Waals surface area (Å²) in [6.45, 7) is 9.82. The van der Waals surface area contributed by atoms with E-state index in [9.17, 15) is 12.8 Å². The number of hydrogen-bond acceptors (Lipinski definition) is 4. The van der Waals surface area contributed by atoms with Gasteiger partial charge in [-0.15, -0.1) is 24.0 Å². The van der Waals surface area contributed by atoms with E-state index in [2.05, 4.69) is 15.6 Å². The van der Waals surface area contributed by atoms with Crippen molar-refractivity contribution in [3.05, 3.63) is 35.1 Å². The normalized spacial score (nSPS) is 20.5. The summed E-state index contributed by atoms with van der Waals surface area (Å²) in [7, 11) is -3.38. The fourth-order valence-corrected chi connectivity index (χ4v) is 4.81. The van der Waals surface area contributed by atoms with Crippen molar-refractivity contribution in [1.29, 1.82) is 0 Å². The molecule has 1 aromatic rings. The van der Waals surface area contributed by atoms with E-state index in [0.29, 0.717) is 32.1 Å². The third-order valence-electron chi connectivity index (χ3n) is 4.73. The minimum atomic E-state index is -3.38. The molecule has 1 fully saturated rings. The Labute approximate surface area is 196 Å². The van der Waals surface area contributed by atoms with Gasteiger partial charge in [-0.3, -0.25) is 4.99 Å². The summed E-state index contributed by atoms with van der Waals surface area (Å²) in [5, 5.41) is 6.33. The predicted molar refractivity (Wildman–Crippen MR) is 130 cm³/mol. The molecule has 0 aliphatic carbocycles. The lowest BCUT2D eigenvalue weighted by Gasteiger charge is -2.34. The number of halogens is 2. The number of morpholine rings is 1. The third kappa shape index (κ3) is 8.64. The summed E-state index contributed by atoms with van der Waals surface area (Å²) in [6.07, 6.45) is 0.509. The van der Waals surface area contributed by atoms with Crippen molar-refractivity contribution in [2.45, 2.75) is 46.3 Å². The van der Waals surface area contributed by atoms with Gasteiger partial charge >= 0.3 is 0 Å². The van der Waals surface area contributed by atoms with Crippen LogP contribution < -0.4 is 10.6 Å². The number of nitrogens with zero attached hydrogens (tertiary/aromatic N) is 2. The molecule has 2 rings (SSSR count). The topological polar surface area (TPSA) is 83.0 Å². The van der Waals surface area contributed by atoms with Gasteiger partial charge in [-0.2, -0.15) is 4.31 Å².